The molecule has 0 atom stereocenters. The van der Waals surface area contributed by atoms with E-state index in [-0.39, 0.29) is 11.3 Å². The van der Waals surface area contributed by atoms with Crippen LogP contribution in [0.3, 0.4) is 0 Å². The van der Waals surface area contributed by atoms with Gasteiger partial charge in [0.1, 0.15) is 11.3 Å². The highest BCUT2D eigenvalue weighted by Crippen LogP contribution is 2.27. The Kier molecular flexibility index (Phi) is 3.85. The second-order valence-electron chi connectivity index (χ2n) is 4.18. The quantitative estimate of drug-likeness (QED) is 0.929. The molecule has 1 N–H and O–H groups in total. The fraction of sp³-hybridized carbons (Fsp3) is 0.143. The number of hydrogen-bond acceptors (Lipinski definition) is 3. The lowest BCUT2D eigenvalue weighted by atomic mass is 10.1. The number of benzene rings is 1. The molecule has 0 amide bonds. The van der Waals surface area contributed by atoms with Crippen LogP contribution in [-0.2, 0) is 0 Å². The van der Waals surface area contributed by atoms with Gasteiger partial charge in [-0.15, -0.1) is 0 Å². The summed E-state index contributed by atoms with van der Waals surface area (Å²) >= 11 is 3.35. The lowest BCUT2D eigenvalue weighted by molar-refractivity contribution is 0.0694. The number of carbonyl (C=O) groups is 1. The number of carboxylic acid groups (broad SMARTS) is 1. The van der Waals surface area contributed by atoms with Gasteiger partial charge in [-0.25, -0.2) is 9.78 Å². The Balaban J connectivity index is 2.37. The van der Waals surface area contributed by atoms with Crippen molar-refractivity contribution in [2.75, 3.05) is 0 Å². The van der Waals surface area contributed by atoms with Gasteiger partial charge in [0.2, 0.25) is 5.88 Å². The normalized spacial score (nSPS) is 10.3. The molecule has 0 bridgehead atoms. The van der Waals surface area contributed by atoms with Crippen LogP contribution in [0.5, 0.6) is 11.6 Å². The first kappa shape index (κ1) is 13.5. The first-order valence-electron chi connectivity index (χ1n) is 5.61. The average molecular weight is 322 g/mol. The van der Waals surface area contributed by atoms with Crippen molar-refractivity contribution in [2.45, 2.75) is 13.8 Å². The van der Waals surface area contributed by atoms with E-state index >= 15 is 0 Å². The summed E-state index contributed by atoms with van der Waals surface area (Å²) < 4.78 is 6.43. The van der Waals surface area contributed by atoms with E-state index in [1.54, 1.807) is 30.5 Å². The Morgan fingerprint density at radius 2 is 2.05 bits per heavy atom. The van der Waals surface area contributed by atoms with E-state index in [9.17, 15) is 4.79 Å². The number of aromatic nitrogens is 1. The standard InChI is InChI=1S/C14H12BrNO3/c1-8-3-4-12(10(5-8)14(17)18)19-13-6-9(2)11(15)7-16-13/h3-7H,1-2H3,(H,17,18). The van der Waals surface area contributed by atoms with Crippen LogP contribution in [0.2, 0.25) is 0 Å². The Morgan fingerprint density at radius 3 is 2.68 bits per heavy atom. The predicted molar refractivity (Wildman–Crippen MR) is 74.9 cm³/mol. The molecule has 0 aliphatic heterocycles. The number of nitrogens with zero attached hydrogens (tertiary/aromatic N) is 1. The Morgan fingerprint density at radius 1 is 1.32 bits per heavy atom. The van der Waals surface area contributed by atoms with E-state index < -0.39 is 5.97 Å². The average Bonchev–Trinajstić information content (AvgIpc) is 2.36. The van der Waals surface area contributed by atoms with Crippen molar-refractivity contribution in [3.05, 3.63) is 51.6 Å². The van der Waals surface area contributed by atoms with Crippen LogP contribution in [0.1, 0.15) is 21.5 Å². The smallest absolute Gasteiger partial charge is 0.339 e. The molecule has 0 aliphatic carbocycles. The monoisotopic (exact) mass is 321 g/mol. The number of ether oxygens (including phenoxy) is 1. The molecule has 2 rings (SSSR count). The second kappa shape index (κ2) is 5.40. The maximum atomic E-state index is 11.2. The molecule has 0 aliphatic rings. The zero-order valence-corrected chi connectivity index (χ0v) is 12.1. The number of rotatable bonds is 3. The lowest BCUT2D eigenvalue weighted by Gasteiger charge is -2.09. The molecular weight excluding hydrogens is 310 g/mol. The summed E-state index contributed by atoms with van der Waals surface area (Å²) in [5.41, 5.74) is 1.96. The first-order chi connectivity index (χ1) is 8.97. The molecule has 0 saturated heterocycles. The number of aryl methyl sites for hydroxylation is 2. The lowest BCUT2D eigenvalue weighted by Crippen LogP contribution is -2.01. The van der Waals surface area contributed by atoms with Gasteiger partial charge in [-0.1, -0.05) is 11.6 Å². The third kappa shape index (κ3) is 3.12. The number of hydrogen-bond donors (Lipinski definition) is 1. The van der Waals surface area contributed by atoms with Crippen LogP contribution >= 0.6 is 15.9 Å². The van der Waals surface area contributed by atoms with E-state index in [4.69, 9.17) is 9.84 Å². The Hall–Kier alpha value is -1.88. The van der Waals surface area contributed by atoms with Gasteiger partial charge >= 0.3 is 5.97 Å². The number of aromatic carboxylic acids is 1. The molecular formula is C14H12BrNO3. The molecule has 2 aromatic rings. The predicted octanol–water partition coefficient (Wildman–Crippen LogP) is 3.95. The van der Waals surface area contributed by atoms with Crippen molar-refractivity contribution in [1.29, 1.82) is 0 Å². The SMILES string of the molecule is Cc1ccc(Oc2cc(C)c(Br)cn2)c(C(=O)O)c1. The van der Waals surface area contributed by atoms with Crippen LogP contribution in [0.25, 0.3) is 0 Å². The summed E-state index contributed by atoms with van der Waals surface area (Å²) in [7, 11) is 0. The Labute approximate surface area is 119 Å². The van der Waals surface area contributed by atoms with Crippen molar-refractivity contribution < 1.29 is 14.6 Å². The third-order valence-electron chi connectivity index (χ3n) is 2.60. The van der Waals surface area contributed by atoms with Gasteiger partial charge in [0.25, 0.3) is 0 Å². The molecule has 1 heterocycles. The number of carboxylic acids is 1. The fourth-order valence-corrected chi connectivity index (χ4v) is 1.80. The molecule has 0 unspecified atom stereocenters. The summed E-state index contributed by atoms with van der Waals surface area (Å²) in [5.74, 6) is -0.369. The summed E-state index contributed by atoms with van der Waals surface area (Å²) in [6.07, 6.45) is 1.62. The van der Waals surface area contributed by atoms with Crippen molar-refractivity contribution in [3.63, 3.8) is 0 Å². The zero-order valence-electron chi connectivity index (χ0n) is 10.5. The Bertz CT molecular complexity index is 641. The first-order valence-corrected chi connectivity index (χ1v) is 6.40. The maximum Gasteiger partial charge on any atom is 0.339 e. The number of pyridine rings is 1. The summed E-state index contributed by atoms with van der Waals surface area (Å²) in [6.45, 7) is 3.74. The van der Waals surface area contributed by atoms with Crippen molar-refractivity contribution in [3.8, 4) is 11.6 Å². The maximum absolute atomic E-state index is 11.2. The van der Waals surface area contributed by atoms with Gasteiger partial charge in [-0.05, 0) is 47.5 Å². The zero-order chi connectivity index (χ0) is 14.0. The molecule has 1 aromatic carbocycles. The van der Waals surface area contributed by atoms with Gasteiger partial charge in [0, 0.05) is 16.7 Å². The second-order valence-corrected chi connectivity index (χ2v) is 5.03. The van der Waals surface area contributed by atoms with Crippen LogP contribution < -0.4 is 4.74 Å². The minimum absolute atomic E-state index is 0.127. The topological polar surface area (TPSA) is 59.4 Å². The van der Waals surface area contributed by atoms with Gasteiger partial charge < -0.3 is 9.84 Å². The molecule has 98 valence electrons. The van der Waals surface area contributed by atoms with Gasteiger partial charge in [-0.2, -0.15) is 0 Å². The summed E-state index contributed by atoms with van der Waals surface area (Å²) in [4.78, 5) is 15.3. The van der Waals surface area contributed by atoms with Crippen LogP contribution in [0.4, 0.5) is 0 Å². The van der Waals surface area contributed by atoms with Crippen LogP contribution in [0.15, 0.2) is 34.9 Å². The molecule has 5 heteroatoms. The largest absolute Gasteiger partial charge is 0.478 e. The fourth-order valence-electron chi connectivity index (χ4n) is 1.58. The molecule has 0 spiro atoms. The molecule has 0 radical (unpaired) electrons. The van der Waals surface area contributed by atoms with E-state index in [0.29, 0.717) is 5.88 Å². The van der Waals surface area contributed by atoms with E-state index in [2.05, 4.69) is 20.9 Å². The van der Waals surface area contributed by atoms with Crippen LogP contribution in [-0.4, -0.2) is 16.1 Å². The highest BCUT2D eigenvalue weighted by Gasteiger charge is 2.13. The highest BCUT2D eigenvalue weighted by molar-refractivity contribution is 9.10. The van der Waals surface area contributed by atoms with E-state index in [1.165, 1.54) is 0 Å². The van der Waals surface area contributed by atoms with Crippen LogP contribution in [0, 0.1) is 13.8 Å². The summed E-state index contributed by atoms with van der Waals surface area (Å²) in [6, 6.07) is 6.75. The van der Waals surface area contributed by atoms with Gasteiger partial charge in [0.15, 0.2) is 0 Å². The summed E-state index contributed by atoms with van der Waals surface area (Å²) in [5, 5.41) is 9.16. The molecule has 1 aromatic heterocycles. The van der Waals surface area contributed by atoms with Crippen molar-refractivity contribution >= 4 is 21.9 Å². The minimum Gasteiger partial charge on any atom is -0.478 e. The molecule has 19 heavy (non-hydrogen) atoms. The van der Waals surface area contributed by atoms with Crippen molar-refractivity contribution in [2.24, 2.45) is 0 Å². The molecule has 4 nitrogen and oxygen atoms in total. The van der Waals surface area contributed by atoms with Crippen molar-refractivity contribution in [1.82, 2.24) is 4.98 Å². The number of halogens is 1. The molecule has 0 saturated carbocycles. The van der Waals surface area contributed by atoms with E-state index in [0.717, 1.165) is 15.6 Å². The minimum atomic E-state index is -1.02. The van der Waals surface area contributed by atoms with Gasteiger partial charge in [0.05, 0.1) is 0 Å². The van der Waals surface area contributed by atoms with Gasteiger partial charge in [-0.3, -0.25) is 0 Å². The molecule has 0 fully saturated rings. The van der Waals surface area contributed by atoms with E-state index in [1.807, 2.05) is 13.8 Å². The third-order valence-corrected chi connectivity index (χ3v) is 3.43. The highest BCUT2D eigenvalue weighted by atomic mass is 79.9.